The summed E-state index contributed by atoms with van der Waals surface area (Å²) in [5.74, 6) is -0.208. The minimum atomic E-state index is -0.208. The van der Waals surface area contributed by atoms with Crippen molar-refractivity contribution in [3.63, 3.8) is 0 Å². The molecule has 0 atom stereocenters. The van der Waals surface area contributed by atoms with Gasteiger partial charge in [0.1, 0.15) is 10.7 Å². The predicted molar refractivity (Wildman–Crippen MR) is 71.6 cm³/mol. The lowest BCUT2D eigenvalue weighted by Crippen LogP contribution is -2.29. The maximum atomic E-state index is 11.0. The van der Waals surface area contributed by atoms with E-state index in [0.717, 1.165) is 10.7 Å². The first-order chi connectivity index (χ1) is 9.08. The topological polar surface area (TPSA) is 98.7 Å². The Labute approximate surface area is 114 Å². The van der Waals surface area contributed by atoms with Crippen molar-refractivity contribution in [2.75, 3.05) is 6.54 Å². The Bertz CT molecular complexity index is 556. The molecule has 0 unspecified atom stereocenters. The summed E-state index contributed by atoms with van der Waals surface area (Å²) >= 11 is 1.65. The van der Waals surface area contributed by atoms with Crippen LogP contribution in [0.1, 0.15) is 21.3 Å². The molecule has 0 radical (unpaired) electrons. The van der Waals surface area contributed by atoms with Crippen molar-refractivity contribution in [1.82, 2.24) is 25.3 Å². The number of rotatable bonds is 5. The van der Waals surface area contributed by atoms with Crippen molar-refractivity contribution in [2.45, 2.75) is 26.9 Å². The van der Waals surface area contributed by atoms with Crippen LogP contribution in [-0.4, -0.2) is 32.4 Å². The van der Waals surface area contributed by atoms with E-state index in [1.165, 1.54) is 4.88 Å². The fraction of sp³-hybridized carbons (Fsp3) is 0.455. The first kappa shape index (κ1) is 13.6. The Morgan fingerprint density at radius 3 is 2.95 bits per heavy atom. The second-order valence-corrected chi connectivity index (χ2v) is 5.43. The van der Waals surface area contributed by atoms with Crippen molar-refractivity contribution in [3.8, 4) is 0 Å². The van der Waals surface area contributed by atoms with Crippen LogP contribution >= 0.6 is 11.3 Å². The minimum absolute atomic E-state index is 0.0220. The zero-order chi connectivity index (χ0) is 13.8. The van der Waals surface area contributed by atoms with Gasteiger partial charge in [0.15, 0.2) is 0 Å². The van der Waals surface area contributed by atoms with Gasteiger partial charge in [-0.25, -0.2) is 9.67 Å². The Kier molecular flexibility index (Phi) is 4.23. The number of aromatic nitrogens is 4. The maximum absolute atomic E-state index is 11.0. The molecule has 3 N–H and O–H groups in total. The molecule has 1 amide bonds. The first-order valence-electron chi connectivity index (χ1n) is 5.87. The molecule has 0 fully saturated rings. The molecule has 8 heteroatoms. The van der Waals surface area contributed by atoms with Gasteiger partial charge in [-0.05, 0) is 13.8 Å². The van der Waals surface area contributed by atoms with Crippen LogP contribution in [0.2, 0.25) is 0 Å². The second-order valence-electron chi connectivity index (χ2n) is 4.14. The van der Waals surface area contributed by atoms with Gasteiger partial charge in [0.05, 0.1) is 31.5 Å². The monoisotopic (exact) mass is 280 g/mol. The summed E-state index contributed by atoms with van der Waals surface area (Å²) in [5.41, 5.74) is 6.95. The molecule has 0 aromatic carbocycles. The van der Waals surface area contributed by atoms with Crippen molar-refractivity contribution < 1.29 is 4.79 Å². The van der Waals surface area contributed by atoms with Crippen LogP contribution in [0.15, 0.2) is 6.20 Å². The normalized spacial score (nSPS) is 10.7. The van der Waals surface area contributed by atoms with Gasteiger partial charge in [0, 0.05) is 4.88 Å². The number of hydrogen-bond donors (Lipinski definition) is 2. The third-order valence-electron chi connectivity index (χ3n) is 2.61. The van der Waals surface area contributed by atoms with Crippen molar-refractivity contribution in [1.29, 1.82) is 0 Å². The summed E-state index contributed by atoms with van der Waals surface area (Å²) in [4.78, 5) is 16.7. The van der Waals surface area contributed by atoms with E-state index in [1.807, 2.05) is 13.8 Å². The number of nitrogens with one attached hydrogen (secondary N) is 1. The molecule has 0 aliphatic heterocycles. The fourth-order valence-electron chi connectivity index (χ4n) is 1.50. The van der Waals surface area contributed by atoms with Gasteiger partial charge in [-0.15, -0.1) is 16.4 Å². The molecule has 2 heterocycles. The van der Waals surface area contributed by atoms with E-state index in [4.69, 9.17) is 5.73 Å². The highest BCUT2D eigenvalue weighted by atomic mass is 32.1. The summed E-state index contributed by atoms with van der Waals surface area (Å²) in [6.45, 7) is 4.95. The number of aryl methyl sites for hydroxylation is 2. The number of hydrogen-bond acceptors (Lipinski definition) is 6. The molecule has 102 valence electrons. The molecule has 19 heavy (non-hydrogen) atoms. The van der Waals surface area contributed by atoms with Gasteiger partial charge in [-0.2, -0.15) is 0 Å². The third kappa shape index (κ3) is 3.58. The van der Waals surface area contributed by atoms with Crippen molar-refractivity contribution >= 4 is 17.2 Å². The van der Waals surface area contributed by atoms with E-state index in [2.05, 4.69) is 20.6 Å². The minimum Gasteiger partial charge on any atom is -0.349 e. The quantitative estimate of drug-likeness (QED) is 0.801. The molecule has 0 aliphatic carbocycles. The highest BCUT2D eigenvalue weighted by Crippen LogP contribution is 2.17. The molecule has 0 bridgehead atoms. The zero-order valence-corrected chi connectivity index (χ0v) is 11.7. The molecule has 0 saturated heterocycles. The molecular weight excluding hydrogens is 264 g/mol. The second kappa shape index (κ2) is 5.89. The van der Waals surface area contributed by atoms with Crippen molar-refractivity contribution in [2.24, 2.45) is 5.73 Å². The number of carbonyl (C=O) groups excluding carboxylic acids is 1. The first-order valence-corrected chi connectivity index (χ1v) is 6.69. The van der Waals surface area contributed by atoms with Gasteiger partial charge in [0.25, 0.3) is 0 Å². The summed E-state index contributed by atoms with van der Waals surface area (Å²) in [6, 6.07) is 0. The largest absolute Gasteiger partial charge is 0.349 e. The van der Waals surface area contributed by atoms with Gasteiger partial charge in [-0.3, -0.25) is 4.79 Å². The molecule has 0 aliphatic rings. The third-order valence-corrected chi connectivity index (χ3v) is 3.67. The highest BCUT2D eigenvalue weighted by Gasteiger charge is 2.07. The van der Waals surface area contributed by atoms with Gasteiger partial charge in [-0.1, -0.05) is 5.21 Å². The van der Waals surface area contributed by atoms with Crippen LogP contribution in [-0.2, 0) is 17.9 Å². The Morgan fingerprint density at radius 2 is 2.32 bits per heavy atom. The lowest BCUT2D eigenvalue weighted by atomic mass is 10.4. The SMILES string of the molecule is Cc1nc(Cn2cc(CNC(=O)CN)nn2)sc1C. The van der Waals surface area contributed by atoms with E-state index in [0.29, 0.717) is 18.8 Å². The van der Waals surface area contributed by atoms with Crippen LogP contribution < -0.4 is 11.1 Å². The van der Waals surface area contributed by atoms with E-state index in [9.17, 15) is 4.79 Å². The molecule has 0 saturated carbocycles. The summed E-state index contributed by atoms with van der Waals surface area (Å²) in [5, 5.41) is 11.6. The number of nitrogens with two attached hydrogens (primary N) is 1. The van der Waals surface area contributed by atoms with E-state index in [1.54, 1.807) is 22.2 Å². The van der Waals surface area contributed by atoms with Crippen LogP contribution in [0.3, 0.4) is 0 Å². The van der Waals surface area contributed by atoms with Gasteiger partial charge < -0.3 is 11.1 Å². The fourth-order valence-corrected chi connectivity index (χ4v) is 2.43. The zero-order valence-electron chi connectivity index (χ0n) is 10.9. The molecule has 7 nitrogen and oxygen atoms in total. The molecular formula is C11H16N6OS. The summed E-state index contributed by atoms with van der Waals surface area (Å²) < 4.78 is 1.71. The maximum Gasteiger partial charge on any atom is 0.234 e. The van der Waals surface area contributed by atoms with E-state index in [-0.39, 0.29) is 12.5 Å². The lowest BCUT2D eigenvalue weighted by molar-refractivity contribution is -0.119. The van der Waals surface area contributed by atoms with Crippen molar-refractivity contribution in [3.05, 3.63) is 27.5 Å². The number of carbonyl (C=O) groups is 1. The van der Waals surface area contributed by atoms with Gasteiger partial charge in [0.2, 0.25) is 5.91 Å². The molecule has 2 aromatic heterocycles. The number of amides is 1. The Morgan fingerprint density at radius 1 is 1.53 bits per heavy atom. The Balaban J connectivity index is 1.95. The van der Waals surface area contributed by atoms with Crippen LogP contribution in [0.4, 0.5) is 0 Å². The van der Waals surface area contributed by atoms with E-state index < -0.39 is 0 Å². The Hall–Kier alpha value is -1.80. The lowest BCUT2D eigenvalue weighted by Gasteiger charge is -1.98. The van der Waals surface area contributed by atoms with E-state index >= 15 is 0 Å². The smallest absolute Gasteiger partial charge is 0.234 e. The standard InChI is InChI=1S/C11H16N6OS/c1-7-8(2)19-11(14-7)6-17-5-9(15-16-17)4-13-10(18)3-12/h5H,3-4,6,12H2,1-2H3,(H,13,18). The average molecular weight is 280 g/mol. The van der Waals surface area contributed by atoms with Crippen LogP contribution in [0, 0.1) is 13.8 Å². The number of nitrogens with zero attached hydrogens (tertiary/aromatic N) is 4. The molecule has 0 spiro atoms. The predicted octanol–water partition coefficient (Wildman–Crippen LogP) is -0.0254. The summed E-state index contributed by atoms with van der Waals surface area (Å²) in [7, 11) is 0. The molecule has 2 rings (SSSR count). The average Bonchev–Trinajstić information content (AvgIpc) is 2.94. The number of thiazole rings is 1. The summed E-state index contributed by atoms with van der Waals surface area (Å²) in [6.07, 6.45) is 1.79. The molecule has 2 aromatic rings. The van der Waals surface area contributed by atoms with Crippen LogP contribution in [0.5, 0.6) is 0 Å². The van der Waals surface area contributed by atoms with Crippen LogP contribution in [0.25, 0.3) is 0 Å². The van der Waals surface area contributed by atoms with Gasteiger partial charge >= 0.3 is 0 Å². The highest BCUT2D eigenvalue weighted by molar-refractivity contribution is 7.11.